The van der Waals surface area contributed by atoms with Gasteiger partial charge < -0.3 is 0 Å². The highest BCUT2D eigenvalue weighted by molar-refractivity contribution is 9.09. The molecule has 2 aromatic carbocycles. The van der Waals surface area contributed by atoms with E-state index in [0.717, 1.165) is 16.7 Å². The van der Waals surface area contributed by atoms with Gasteiger partial charge in [0.1, 0.15) is 0 Å². The number of hydrogen-bond donors (Lipinski definition) is 0. The second-order valence-corrected chi connectivity index (χ2v) is 5.01. The Hall–Kier alpha value is -1.41. The average molecular weight is 303 g/mol. The van der Waals surface area contributed by atoms with Crippen molar-refractivity contribution >= 4 is 21.7 Å². The van der Waals surface area contributed by atoms with Crippen LogP contribution < -0.4 is 0 Å². The van der Waals surface area contributed by atoms with Crippen molar-refractivity contribution in [2.75, 3.05) is 5.33 Å². The number of ketones is 1. The minimum Gasteiger partial charge on any atom is -0.293 e. The molecule has 0 radical (unpaired) electrons. The molecule has 0 saturated carbocycles. The summed E-state index contributed by atoms with van der Waals surface area (Å²) in [6.07, 6.45) is 0. The summed E-state index contributed by atoms with van der Waals surface area (Å²) in [6.45, 7) is 4.06. The number of Topliss-reactive ketones (excluding diaryl/α,β-unsaturated/α-hetero) is 1. The van der Waals surface area contributed by atoms with Gasteiger partial charge in [-0.2, -0.15) is 0 Å². The molecule has 2 aromatic rings. The smallest absolute Gasteiger partial charge is 0.173 e. The molecule has 0 aliphatic heterocycles. The van der Waals surface area contributed by atoms with E-state index in [0.29, 0.717) is 5.33 Å². The van der Waals surface area contributed by atoms with Crippen molar-refractivity contribution in [3.63, 3.8) is 0 Å². The van der Waals surface area contributed by atoms with Gasteiger partial charge in [-0.25, -0.2) is 0 Å². The molecule has 92 valence electrons. The lowest BCUT2D eigenvalue weighted by Gasteiger charge is -2.07. The minimum absolute atomic E-state index is 0.128. The van der Waals surface area contributed by atoms with Gasteiger partial charge in [-0.05, 0) is 30.5 Å². The lowest BCUT2D eigenvalue weighted by Crippen LogP contribution is -2.02. The van der Waals surface area contributed by atoms with Crippen LogP contribution >= 0.6 is 15.9 Å². The SMILES string of the molecule is Cc1ccc(-c2ccc(C(=O)CBr)c(C)c2)cc1. The van der Waals surface area contributed by atoms with E-state index in [1.807, 2.05) is 19.1 Å². The molecule has 2 rings (SSSR count). The number of carbonyl (C=O) groups is 1. The first-order chi connectivity index (χ1) is 8.61. The van der Waals surface area contributed by atoms with E-state index < -0.39 is 0 Å². The van der Waals surface area contributed by atoms with Gasteiger partial charge in [0, 0.05) is 5.56 Å². The molecule has 0 aromatic heterocycles. The maximum Gasteiger partial charge on any atom is 0.173 e. The van der Waals surface area contributed by atoms with Crippen molar-refractivity contribution < 1.29 is 4.79 Å². The maximum absolute atomic E-state index is 11.7. The summed E-state index contributed by atoms with van der Waals surface area (Å²) in [7, 11) is 0. The lowest BCUT2D eigenvalue weighted by molar-refractivity contribution is 0.102. The maximum atomic E-state index is 11.7. The summed E-state index contributed by atoms with van der Waals surface area (Å²) < 4.78 is 0. The molecule has 0 aliphatic rings. The van der Waals surface area contributed by atoms with E-state index in [9.17, 15) is 4.79 Å². The van der Waals surface area contributed by atoms with Gasteiger partial charge >= 0.3 is 0 Å². The van der Waals surface area contributed by atoms with Crippen molar-refractivity contribution in [3.8, 4) is 11.1 Å². The molecule has 0 bridgehead atoms. The van der Waals surface area contributed by atoms with E-state index in [1.165, 1.54) is 11.1 Å². The molecular formula is C16H15BrO. The molecule has 0 unspecified atom stereocenters. The molecule has 0 aliphatic carbocycles. The number of benzene rings is 2. The number of hydrogen-bond acceptors (Lipinski definition) is 1. The predicted octanol–water partition coefficient (Wildman–Crippen LogP) is 4.55. The van der Waals surface area contributed by atoms with Gasteiger partial charge in [-0.3, -0.25) is 4.79 Å². The van der Waals surface area contributed by atoms with Gasteiger partial charge in [-0.1, -0.05) is 64.0 Å². The van der Waals surface area contributed by atoms with Crippen LogP contribution in [0.3, 0.4) is 0 Å². The number of aryl methyl sites for hydroxylation is 2. The standard InChI is InChI=1S/C16H15BrO/c1-11-3-5-13(6-4-11)14-7-8-15(12(2)9-14)16(18)10-17/h3-9H,10H2,1-2H3. The monoisotopic (exact) mass is 302 g/mol. The number of rotatable bonds is 3. The Kier molecular flexibility index (Phi) is 3.97. The van der Waals surface area contributed by atoms with Crippen LogP contribution in [0.25, 0.3) is 11.1 Å². The van der Waals surface area contributed by atoms with E-state index in [1.54, 1.807) is 0 Å². The highest BCUT2D eigenvalue weighted by atomic mass is 79.9. The number of halogens is 1. The third-order valence-electron chi connectivity index (χ3n) is 3.03. The summed E-state index contributed by atoms with van der Waals surface area (Å²) >= 11 is 3.21. The molecule has 1 nitrogen and oxygen atoms in total. The van der Waals surface area contributed by atoms with E-state index in [2.05, 4.69) is 53.2 Å². The Labute approximate surface area is 116 Å². The second kappa shape index (κ2) is 5.49. The quantitative estimate of drug-likeness (QED) is 0.600. The normalized spacial score (nSPS) is 10.4. The molecular weight excluding hydrogens is 288 g/mol. The molecule has 0 fully saturated rings. The molecule has 2 heteroatoms. The zero-order valence-electron chi connectivity index (χ0n) is 10.5. The number of alkyl halides is 1. The van der Waals surface area contributed by atoms with Crippen molar-refractivity contribution in [1.29, 1.82) is 0 Å². The number of carbonyl (C=O) groups excluding carboxylic acids is 1. The van der Waals surface area contributed by atoms with Gasteiger partial charge in [-0.15, -0.1) is 0 Å². The van der Waals surface area contributed by atoms with Crippen LogP contribution in [0.15, 0.2) is 42.5 Å². The molecule has 0 atom stereocenters. The first kappa shape index (κ1) is 13.0. The minimum atomic E-state index is 0.128. The van der Waals surface area contributed by atoms with Crippen molar-refractivity contribution in [1.82, 2.24) is 0 Å². The van der Waals surface area contributed by atoms with E-state index >= 15 is 0 Å². The lowest BCUT2D eigenvalue weighted by atomic mass is 9.98. The summed E-state index contributed by atoms with van der Waals surface area (Å²) in [4.78, 5) is 11.7. The van der Waals surface area contributed by atoms with Crippen LogP contribution in [-0.4, -0.2) is 11.1 Å². The van der Waals surface area contributed by atoms with Gasteiger partial charge in [0.25, 0.3) is 0 Å². The molecule has 18 heavy (non-hydrogen) atoms. The summed E-state index contributed by atoms with van der Waals surface area (Å²) in [5.74, 6) is 0.128. The zero-order chi connectivity index (χ0) is 13.1. The predicted molar refractivity (Wildman–Crippen MR) is 79.5 cm³/mol. The third kappa shape index (κ3) is 2.70. The third-order valence-corrected chi connectivity index (χ3v) is 3.54. The molecule has 0 saturated heterocycles. The van der Waals surface area contributed by atoms with Crippen LogP contribution in [0.5, 0.6) is 0 Å². The highest BCUT2D eigenvalue weighted by Crippen LogP contribution is 2.23. The van der Waals surface area contributed by atoms with Crippen LogP contribution in [0.1, 0.15) is 21.5 Å². The Morgan fingerprint density at radius 1 is 1.00 bits per heavy atom. The highest BCUT2D eigenvalue weighted by Gasteiger charge is 2.08. The zero-order valence-corrected chi connectivity index (χ0v) is 12.1. The Morgan fingerprint density at radius 3 is 2.17 bits per heavy atom. The van der Waals surface area contributed by atoms with Crippen LogP contribution in [0.2, 0.25) is 0 Å². The van der Waals surface area contributed by atoms with Crippen molar-refractivity contribution in [3.05, 3.63) is 59.2 Å². The van der Waals surface area contributed by atoms with Crippen LogP contribution in [0.4, 0.5) is 0 Å². The van der Waals surface area contributed by atoms with Gasteiger partial charge in [0.2, 0.25) is 0 Å². The average Bonchev–Trinajstić information content (AvgIpc) is 2.38. The fourth-order valence-electron chi connectivity index (χ4n) is 1.97. The molecule has 0 amide bonds. The molecule has 0 heterocycles. The Bertz CT molecular complexity index is 570. The Morgan fingerprint density at radius 2 is 1.61 bits per heavy atom. The van der Waals surface area contributed by atoms with Crippen LogP contribution in [0, 0.1) is 13.8 Å². The fraction of sp³-hybridized carbons (Fsp3) is 0.188. The first-order valence-electron chi connectivity index (χ1n) is 5.88. The largest absolute Gasteiger partial charge is 0.293 e. The Balaban J connectivity index is 2.40. The van der Waals surface area contributed by atoms with E-state index in [4.69, 9.17) is 0 Å². The van der Waals surface area contributed by atoms with Crippen molar-refractivity contribution in [2.24, 2.45) is 0 Å². The summed E-state index contributed by atoms with van der Waals surface area (Å²) in [5, 5.41) is 0.373. The van der Waals surface area contributed by atoms with E-state index in [-0.39, 0.29) is 5.78 Å². The van der Waals surface area contributed by atoms with Gasteiger partial charge in [0.15, 0.2) is 5.78 Å². The second-order valence-electron chi connectivity index (χ2n) is 4.45. The fourth-order valence-corrected chi connectivity index (χ4v) is 2.28. The molecule has 0 N–H and O–H groups in total. The van der Waals surface area contributed by atoms with Crippen LogP contribution in [-0.2, 0) is 0 Å². The summed E-state index contributed by atoms with van der Waals surface area (Å²) in [6, 6.07) is 14.4. The topological polar surface area (TPSA) is 17.1 Å². The first-order valence-corrected chi connectivity index (χ1v) is 7.01. The van der Waals surface area contributed by atoms with Gasteiger partial charge in [0.05, 0.1) is 5.33 Å². The van der Waals surface area contributed by atoms with Crippen molar-refractivity contribution in [2.45, 2.75) is 13.8 Å². The molecule has 0 spiro atoms. The summed E-state index contributed by atoms with van der Waals surface area (Å²) in [5.41, 5.74) is 5.40.